The van der Waals surface area contributed by atoms with E-state index in [2.05, 4.69) is 40.7 Å². The van der Waals surface area contributed by atoms with E-state index < -0.39 is 65.7 Å². The first-order chi connectivity index (χ1) is 25.6. The summed E-state index contributed by atoms with van der Waals surface area (Å²) in [5, 5.41) is 27.1. The number of aromatic nitrogens is 3. The molecule has 0 aliphatic carbocycles. The summed E-state index contributed by atoms with van der Waals surface area (Å²) in [6.07, 6.45) is 0. The van der Waals surface area contributed by atoms with E-state index in [0.29, 0.717) is 29.3 Å². The van der Waals surface area contributed by atoms with Gasteiger partial charge in [-0.15, -0.1) is 20.5 Å². The second kappa shape index (κ2) is 20.7. The number of aromatic amines is 1. The minimum atomic E-state index is -5.00. The number of anilines is 2. The maximum Gasteiger partial charge on any atom is 0.296 e. The predicted octanol–water partition coefficient (Wildman–Crippen LogP) is 4.28. The third kappa shape index (κ3) is 13.0. The Morgan fingerprint density at radius 1 is 0.525 bits per heavy atom. The summed E-state index contributed by atoms with van der Waals surface area (Å²) in [6.45, 7) is 0. The molecule has 59 heavy (non-hydrogen) atoms. The monoisotopic (exact) mass is 941 g/mol. The van der Waals surface area contributed by atoms with E-state index in [4.69, 9.17) is 17.0 Å². The molecule has 288 valence electrons. The third-order valence-electron chi connectivity index (χ3n) is 7.44. The van der Waals surface area contributed by atoms with Crippen LogP contribution in [0, 0.1) is 5.41 Å². The van der Waals surface area contributed by atoms with Crippen LogP contribution < -0.4 is 10.9 Å². The van der Waals surface area contributed by atoms with Crippen LogP contribution in [0.4, 0.5) is 34.4 Å². The molecule has 1 heterocycles. The van der Waals surface area contributed by atoms with Gasteiger partial charge in [-0.05, 0) is 78.3 Å². The van der Waals surface area contributed by atoms with Gasteiger partial charge in [-0.1, -0.05) is 12.1 Å². The second-order valence-electron chi connectivity index (χ2n) is 11.0. The first kappa shape index (κ1) is 53.5. The summed E-state index contributed by atoms with van der Waals surface area (Å²) in [4.78, 5) is 7.37. The van der Waals surface area contributed by atoms with Crippen LogP contribution in [0.2, 0.25) is 5.28 Å². The van der Waals surface area contributed by atoms with Crippen molar-refractivity contribution in [1.82, 2.24) is 15.0 Å². The van der Waals surface area contributed by atoms with Gasteiger partial charge in [0.2, 0.25) is 16.9 Å². The molecule has 6 rings (SSSR count). The summed E-state index contributed by atoms with van der Waals surface area (Å²) in [5.41, 5.74) is -0.816. The van der Waals surface area contributed by atoms with Gasteiger partial charge in [-0.3, -0.25) is 28.6 Å². The van der Waals surface area contributed by atoms with Gasteiger partial charge >= 0.3 is 0 Å². The average Bonchev–Trinajstić information content (AvgIpc) is 3.08. The Kier molecular flexibility index (Phi) is 18.8. The maximum atomic E-state index is 12.0. The Balaban J connectivity index is 0.00000300. The van der Waals surface area contributed by atoms with Gasteiger partial charge in [0, 0.05) is 145 Å². The normalized spacial score (nSPS) is 12.1. The number of H-pyrrole nitrogens is 1. The van der Waals surface area contributed by atoms with Crippen molar-refractivity contribution in [3.8, 4) is 0 Å². The summed E-state index contributed by atoms with van der Waals surface area (Å²) >= 11 is 5.86. The second-order valence-corrected chi connectivity index (χ2v) is 17.0. The van der Waals surface area contributed by atoms with E-state index in [9.17, 15) is 51.9 Å². The molecule has 0 saturated heterocycles. The van der Waals surface area contributed by atoms with E-state index in [1.807, 2.05) is 0 Å². The Labute approximate surface area is 427 Å². The number of hydrogen-bond acceptors (Lipinski definition) is 16. The van der Waals surface area contributed by atoms with Crippen molar-refractivity contribution in [2.75, 3.05) is 5.32 Å². The Morgan fingerprint density at radius 2 is 0.949 bits per heavy atom. The van der Waals surface area contributed by atoms with Crippen LogP contribution in [0.1, 0.15) is 0 Å². The van der Waals surface area contributed by atoms with E-state index in [1.165, 1.54) is 36.4 Å². The maximum absolute atomic E-state index is 12.0. The number of fused-ring (bicyclic) bond motifs is 2. The molecule has 30 heteroatoms. The number of nitrogens with one attached hydrogen (secondary N) is 3. The first-order valence-corrected chi connectivity index (χ1v) is 20.7. The fourth-order valence-corrected chi connectivity index (χ4v) is 7.32. The Hall–Kier alpha value is -1.64. The van der Waals surface area contributed by atoms with E-state index in [1.54, 1.807) is 0 Å². The van der Waals surface area contributed by atoms with Crippen LogP contribution in [0.5, 0.6) is 0 Å². The van der Waals surface area contributed by atoms with Gasteiger partial charge in [-0.25, -0.2) is 0 Å². The topological polar surface area (TPSA) is 344 Å². The van der Waals surface area contributed by atoms with Gasteiger partial charge in [0.25, 0.3) is 40.5 Å². The van der Waals surface area contributed by atoms with E-state index in [-0.39, 0.29) is 168 Å². The van der Waals surface area contributed by atoms with Gasteiger partial charge < -0.3 is 5.32 Å². The van der Waals surface area contributed by atoms with Crippen molar-refractivity contribution in [3.05, 3.63) is 89.8 Å². The molecule has 0 spiro atoms. The summed E-state index contributed by atoms with van der Waals surface area (Å²) in [5.74, 6) is 0.00727. The predicted molar refractivity (Wildman–Crippen MR) is 215 cm³/mol. The Morgan fingerprint density at radius 3 is 1.44 bits per heavy atom. The molecule has 0 amide bonds. The van der Waals surface area contributed by atoms with Crippen LogP contribution in [0.3, 0.4) is 0 Å². The van der Waals surface area contributed by atoms with Crippen LogP contribution in [0.15, 0.2) is 119 Å². The number of halogens is 1. The standard InChI is InChI=1S/C29H20ClN9O12S4.4Na/c30-27-33-28(31)35-29(34-27)32-21-6-7-23(19-11-14(52(40,41)42)1-4-17(19)21)37-36-22-8-9-24(20-12-15(53(43,44)45)2-5-18(20)22)38-39-25-13-16(54(46,47)48)3-10-26(25)55(49,50)51;;;;/h1-13H,(H,40,41,42)(H,43,44,45)(H,46,47,48)(H,49,50,51)(H3,31,32,33,34,35);;;;. The minimum absolute atomic E-state index is 0. The largest absolute Gasteiger partial charge is 0.325 e. The summed E-state index contributed by atoms with van der Waals surface area (Å²) in [6, 6.07) is 14.3. The van der Waals surface area contributed by atoms with Gasteiger partial charge in [0.05, 0.1) is 31.7 Å². The van der Waals surface area contributed by atoms with Crippen molar-refractivity contribution in [2.45, 2.75) is 19.6 Å². The van der Waals surface area contributed by atoms with Crippen LogP contribution in [-0.2, 0) is 40.5 Å². The molecule has 0 atom stereocenters. The molecule has 0 fully saturated rings. The van der Waals surface area contributed by atoms with Crippen molar-refractivity contribution < 1.29 is 51.9 Å². The molecule has 0 bridgehead atoms. The van der Waals surface area contributed by atoms with Crippen LogP contribution >= 0.6 is 11.6 Å². The SMILES string of the molecule is N=c1nc(Cl)nc(Nc2ccc(N=Nc3ccc(N=Nc4cc(S(=O)(=O)O)ccc4S(=O)(=O)O)c4cc(S(=O)(=O)O)ccc34)c3cc(S(=O)(=O)O)ccc23)[nH]1.[Na].[Na].[Na].[Na]. The zero-order valence-corrected chi connectivity index (χ0v) is 42.8. The van der Waals surface area contributed by atoms with Crippen LogP contribution in [0.25, 0.3) is 21.5 Å². The number of nitrogens with zero attached hydrogens (tertiary/aromatic N) is 6. The molecule has 6 aromatic rings. The number of hydrogen-bond donors (Lipinski definition) is 7. The quantitative estimate of drug-likeness (QED) is 0.0572. The molecule has 0 unspecified atom stereocenters. The third-order valence-corrected chi connectivity index (χ3v) is 11.1. The van der Waals surface area contributed by atoms with Crippen molar-refractivity contribution in [2.24, 2.45) is 20.5 Å². The molecule has 4 radical (unpaired) electrons. The molecule has 21 nitrogen and oxygen atoms in total. The molecular weight excluding hydrogens is 922 g/mol. The average molecular weight is 942 g/mol. The fraction of sp³-hybridized carbons (Fsp3) is 0. The molecule has 0 aliphatic heterocycles. The van der Waals surface area contributed by atoms with Crippen molar-refractivity contribution in [1.29, 1.82) is 5.41 Å². The van der Waals surface area contributed by atoms with Crippen LogP contribution in [-0.4, -0.2) is 185 Å². The van der Waals surface area contributed by atoms with Gasteiger partial charge in [0.1, 0.15) is 10.6 Å². The number of rotatable bonds is 10. The minimum Gasteiger partial charge on any atom is -0.325 e. The van der Waals surface area contributed by atoms with Crippen molar-refractivity contribution in [3.63, 3.8) is 0 Å². The number of benzene rings is 5. The zero-order chi connectivity index (χ0) is 40.1. The first-order valence-electron chi connectivity index (χ1n) is 14.5. The summed E-state index contributed by atoms with van der Waals surface area (Å²) < 4.78 is 134. The van der Waals surface area contributed by atoms with E-state index in [0.717, 1.165) is 24.3 Å². The molecule has 7 N–H and O–H groups in total. The molecule has 1 aromatic heterocycles. The number of azo groups is 2. The summed E-state index contributed by atoms with van der Waals surface area (Å²) in [7, 11) is -19.4. The molecule has 5 aromatic carbocycles. The smallest absolute Gasteiger partial charge is 0.296 e. The fourth-order valence-electron chi connectivity index (χ4n) is 5.03. The van der Waals surface area contributed by atoms with Gasteiger partial charge in [-0.2, -0.15) is 43.6 Å². The molecule has 0 saturated carbocycles. The van der Waals surface area contributed by atoms with Crippen molar-refractivity contribution >= 4 is 226 Å². The Bertz CT molecular complexity index is 3200. The molecular formula is C29H20ClN9Na4O12S4. The zero-order valence-electron chi connectivity index (χ0n) is 30.8. The van der Waals surface area contributed by atoms with E-state index >= 15 is 0 Å². The molecule has 0 aliphatic rings. The van der Waals surface area contributed by atoms with Gasteiger partial charge in [0.15, 0.2) is 0 Å².